The smallest absolute Gasteiger partial charge is 0.149 e. The summed E-state index contributed by atoms with van der Waals surface area (Å²) in [6.07, 6.45) is 6.16. The first-order valence-electron chi connectivity index (χ1n) is 7.25. The number of carbonyl (C=O) groups excluding carboxylic acids is 1. The van der Waals surface area contributed by atoms with E-state index in [-0.39, 0.29) is 0 Å². The van der Waals surface area contributed by atoms with Crippen molar-refractivity contribution in [2.24, 2.45) is 5.10 Å². The van der Waals surface area contributed by atoms with Gasteiger partial charge in [0.15, 0.2) is 0 Å². The Bertz CT molecular complexity index is 482. The molecule has 0 unspecified atom stereocenters. The van der Waals surface area contributed by atoms with E-state index >= 15 is 0 Å². The summed E-state index contributed by atoms with van der Waals surface area (Å²) in [5, 5.41) is 8.45. The van der Waals surface area contributed by atoms with Crippen molar-refractivity contribution < 1.29 is 4.79 Å². The molecule has 0 bridgehead atoms. The number of hydrogen-bond acceptors (Lipinski definition) is 5. The van der Waals surface area contributed by atoms with Crippen LogP contribution in [0.3, 0.4) is 0 Å². The van der Waals surface area contributed by atoms with Gasteiger partial charge in [0.1, 0.15) is 12.1 Å². The Morgan fingerprint density at radius 2 is 2.00 bits per heavy atom. The Hall–Kier alpha value is -1.88. The lowest BCUT2D eigenvalue weighted by Crippen LogP contribution is -2.48. The van der Waals surface area contributed by atoms with Gasteiger partial charge in [-0.05, 0) is 18.4 Å². The highest BCUT2D eigenvalue weighted by molar-refractivity contribution is 5.92. The van der Waals surface area contributed by atoms with Crippen LogP contribution < -0.4 is 5.53 Å². The standard InChI is InChI=1S/C15H20N4O/c20-11-10-15-16-18(12-13-6-2-1-3-7-13)17-19(15)14-8-4-5-9-14/h1-3,6-7,11,14,17H,4-5,8-10,12H2. The van der Waals surface area contributed by atoms with Gasteiger partial charge in [-0.2, -0.15) is 0 Å². The first-order chi connectivity index (χ1) is 9.86. The summed E-state index contributed by atoms with van der Waals surface area (Å²) >= 11 is 0. The Kier molecular flexibility index (Phi) is 3.97. The summed E-state index contributed by atoms with van der Waals surface area (Å²) in [5.74, 6) is 0.836. The second-order valence-corrected chi connectivity index (χ2v) is 5.34. The topological polar surface area (TPSA) is 47.9 Å². The first kappa shape index (κ1) is 13.1. The second kappa shape index (κ2) is 6.05. The van der Waals surface area contributed by atoms with E-state index in [2.05, 4.69) is 27.8 Å². The zero-order valence-corrected chi connectivity index (χ0v) is 11.5. The molecule has 0 aromatic heterocycles. The number of hydrazine groups is 2. The quantitative estimate of drug-likeness (QED) is 0.834. The number of benzene rings is 1. The van der Waals surface area contributed by atoms with Crippen molar-refractivity contribution in [3.63, 3.8) is 0 Å². The van der Waals surface area contributed by atoms with Crippen molar-refractivity contribution in [3.8, 4) is 0 Å². The van der Waals surface area contributed by atoms with Gasteiger partial charge in [-0.25, -0.2) is 5.12 Å². The molecule has 1 heterocycles. The van der Waals surface area contributed by atoms with Crippen molar-refractivity contribution in [3.05, 3.63) is 35.9 Å². The molecule has 3 rings (SSSR count). The molecule has 1 aromatic rings. The second-order valence-electron chi connectivity index (χ2n) is 5.34. The van der Waals surface area contributed by atoms with Crippen molar-refractivity contribution in [2.45, 2.75) is 44.7 Å². The summed E-state index contributed by atoms with van der Waals surface area (Å²) in [4.78, 5) is 10.8. The molecule has 5 nitrogen and oxygen atoms in total. The number of nitrogens with zero attached hydrogens (tertiary/aromatic N) is 3. The van der Waals surface area contributed by atoms with E-state index in [4.69, 9.17) is 0 Å². The number of rotatable bonds is 5. The van der Waals surface area contributed by atoms with E-state index in [9.17, 15) is 4.79 Å². The molecule has 1 aromatic carbocycles. The minimum absolute atomic E-state index is 0.370. The lowest BCUT2D eigenvalue weighted by Gasteiger charge is -2.27. The normalized spacial score (nSPS) is 19.5. The summed E-state index contributed by atoms with van der Waals surface area (Å²) in [6, 6.07) is 10.7. The third-order valence-corrected chi connectivity index (χ3v) is 3.87. The third kappa shape index (κ3) is 2.82. The summed E-state index contributed by atoms with van der Waals surface area (Å²) < 4.78 is 0. The molecule has 2 aliphatic rings. The molecule has 106 valence electrons. The van der Waals surface area contributed by atoms with Crippen LogP contribution in [0.2, 0.25) is 0 Å². The van der Waals surface area contributed by atoms with Crippen LogP contribution in [0.15, 0.2) is 35.4 Å². The molecule has 0 atom stereocenters. The van der Waals surface area contributed by atoms with Gasteiger partial charge in [0, 0.05) is 6.04 Å². The number of hydrazone groups is 1. The first-order valence-corrected chi connectivity index (χ1v) is 7.25. The van der Waals surface area contributed by atoms with E-state index in [0.717, 1.165) is 12.1 Å². The number of hydrogen-bond donors (Lipinski definition) is 1. The van der Waals surface area contributed by atoms with Crippen molar-refractivity contribution in [1.82, 2.24) is 15.7 Å². The highest BCUT2D eigenvalue weighted by Crippen LogP contribution is 2.25. The minimum Gasteiger partial charge on any atom is -0.303 e. The molecular weight excluding hydrogens is 252 g/mol. The molecule has 0 radical (unpaired) electrons. The molecular formula is C15H20N4O. The van der Waals surface area contributed by atoms with Crippen LogP contribution in [0.4, 0.5) is 0 Å². The van der Waals surface area contributed by atoms with Crippen molar-refractivity contribution >= 4 is 12.1 Å². The molecule has 0 saturated heterocycles. The molecule has 1 saturated carbocycles. The van der Waals surface area contributed by atoms with E-state index in [0.29, 0.717) is 19.0 Å². The van der Waals surface area contributed by atoms with E-state index in [1.165, 1.54) is 31.2 Å². The summed E-state index contributed by atoms with van der Waals surface area (Å²) in [5.41, 5.74) is 4.52. The highest BCUT2D eigenvalue weighted by atomic mass is 16.1. The molecule has 1 aliphatic carbocycles. The summed E-state index contributed by atoms with van der Waals surface area (Å²) in [7, 11) is 0. The Morgan fingerprint density at radius 1 is 1.25 bits per heavy atom. The average molecular weight is 272 g/mol. The summed E-state index contributed by atoms with van der Waals surface area (Å²) in [6.45, 7) is 0.701. The van der Waals surface area contributed by atoms with Gasteiger partial charge in [0.25, 0.3) is 0 Å². The van der Waals surface area contributed by atoms with Gasteiger partial charge in [-0.1, -0.05) is 43.2 Å². The molecule has 0 amide bonds. The van der Waals surface area contributed by atoms with Crippen molar-refractivity contribution in [1.29, 1.82) is 0 Å². The number of carbonyl (C=O) groups is 1. The Balaban J connectivity index is 1.69. The Morgan fingerprint density at radius 3 is 2.70 bits per heavy atom. The highest BCUT2D eigenvalue weighted by Gasteiger charge is 2.30. The lowest BCUT2D eigenvalue weighted by molar-refractivity contribution is -0.107. The number of nitrogens with one attached hydrogen (secondary N) is 1. The van der Waals surface area contributed by atoms with Crippen molar-refractivity contribution in [2.75, 3.05) is 0 Å². The fourth-order valence-corrected chi connectivity index (χ4v) is 2.89. The largest absolute Gasteiger partial charge is 0.303 e. The molecule has 20 heavy (non-hydrogen) atoms. The van der Waals surface area contributed by atoms with Gasteiger partial charge < -0.3 is 4.79 Å². The predicted molar refractivity (Wildman–Crippen MR) is 77.3 cm³/mol. The van der Waals surface area contributed by atoms with Crippen LogP contribution in [-0.4, -0.2) is 28.3 Å². The van der Waals surface area contributed by atoms with Crippen LogP contribution in [-0.2, 0) is 11.3 Å². The number of amidine groups is 1. The van der Waals surface area contributed by atoms with E-state index < -0.39 is 0 Å². The maximum atomic E-state index is 10.8. The van der Waals surface area contributed by atoms with Gasteiger partial charge in [-0.3, -0.25) is 5.01 Å². The maximum Gasteiger partial charge on any atom is 0.149 e. The van der Waals surface area contributed by atoms with Crippen LogP contribution in [0.1, 0.15) is 37.7 Å². The number of aldehydes is 1. The maximum absolute atomic E-state index is 10.8. The zero-order valence-electron chi connectivity index (χ0n) is 11.5. The van der Waals surface area contributed by atoms with Gasteiger partial charge in [0.05, 0.1) is 13.0 Å². The SMILES string of the molecule is O=CCC1=NN(Cc2ccccc2)NN1C1CCCC1. The molecule has 0 spiro atoms. The lowest BCUT2D eigenvalue weighted by atomic mass is 10.2. The molecule has 5 heteroatoms. The van der Waals surface area contributed by atoms with E-state index in [1.54, 1.807) is 0 Å². The van der Waals surface area contributed by atoms with Crippen LogP contribution >= 0.6 is 0 Å². The van der Waals surface area contributed by atoms with Gasteiger partial charge in [0.2, 0.25) is 0 Å². The monoisotopic (exact) mass is 272 g/mol. The van der Waals surface area contributed by atoms with Crippen LogP contribution in [0.25, 0.3) is 0 Å². The molecule has 1 aliphatic heterocycles. The van der Waals surface area contributed by atoms with Gasteiger partial charge in [-0.15, -0.1) is 10.6 Å². The third-order valence-electron chi connectivity index (χ3n) is 3.87. The zero-order chi connectivity index (χ0) is 13.8. The predicted octanol–water partition coefficient (Wildman–Crippen LogP) is 2.07. The molecule has 1 fully saturated rings. The van der Waals surface area contributed by atoms with Crippen LogP contribution in [0, 0.1) is 0 Å². The van der Waals surface area contributed by atoms with Crippen LogP contribution in [0.5, 0.6) is 0 Å². The van der Waals surface area contributed by atoms with E-state index in [1.807, 2.05) is 23.3 Å². The fourth-order valence-electron chi connectivity index (χ4n) is 2.89. The fraction of sp³-hybridized carbons (Fsp3) is 0.467. The average Bonchev–Trinajstić information content (AvgIpc) is 3.10. The molecule has 1 N–H and O–H groups in total. The Labute approximate surface area is 119 Å². The van der Waals surface area contributed by atoms with Gasteiger partial charge >= 0.3 is 0 Å². The minimum atomic E-state index is 0.370.